The fourth-order valence-electron chi connectivity index (χ4n) is 2.74. The molecule has 0 unspecified atom stereocenters. The van der Waals surface area contributed by atoms with Crippen LogP contribution in [-0.2, 0) is 16.1 Å². The van der Waals surface area contributed by atoms with Gasteiger partial charge in [-0.25, -0.2) is 4.98 Å². The Balaban J connectivity index is 1.87. The lowest BCUT2D eigenvalue weighted by Gasteiger charge is -2.25. The summed E-state index contributed by atoms with van der Waals surface area (Å²) in [5.41, 5.74) is 2.30. The minimum absolute atomic E-state index is 0.0134. The number of benzene rings is 1. The van der Waals surface area contributed by atoms with Crippen LogP contribution in [0.4, 0.5) is 5.82 Å². The average molecular weight is 447 g/mol. The van der Waals surface area contributed by atoms with Crippen molar-refractivity contribution < 1.29 is 9.59 Å². The molecule has 7 heteroatoms. The number of amides is 2. The van der Waals surface area contributed by atoms with Gasteiger partial charge in [0.2, 0.25) is 11.8 Å². The molecular weight excluding hydrogens is 420 g/mol. The van der Waals surface area contributed by atoms with E-state index in [-0.39, 0.29) is 24.9 Å². The lowest BCUT2D eigenvalue weighted by Crippen LogP contribution is -2.41. The highest BCUT2D eigenvalue weighted by Crippen LogP contribution is 2.11. The van der Waals surface area contributed by atoms with Crippen LogP contribution in [0.25, 0.3) is 0 Å². The molecule has 2 rings (SSSR count). The van der Waals surface area contributed by atoms with Crippen LogP contribution >= 0.6 is 15.9 Å². The molecule has 0 bridgehead atoms. The van der Waals surface area contributed by atoms with E-state index in [1.54, 1.807) is 24.2 Å². The lowest BCUT2D eigenvalue weighted by atomic mass is 10.1. The van der Waals surface area contributed by atoms with Crippen molar-refractivity contribution in [2.75, 3.05) is 32.0 Å². The summed E-state index contributed by atoms with van der Waals surface area (Å²) in [6, 6.07) is 11.7. The van der Waals surface area contributed by atoms with Crippen molar-refractivity contribution in [3.05, 3.63) is 58.2 Å². The van der Waals surface area contributed by atoms with Crippen LogP contribution in [0.5, 0.6) is 0 Å². The van der Waals surface area contributed by atoms with Crippen LogP contribution in [0, 0.1) is 6.92 Å². The van der Waals surface area contributed by atoms with E-state index in [1.807, 2.05) is 30.0 Å². The molecule has 0 aliphatic carbocycles. The summed E-state index contributed by atoms with van der Waals surface area (Å²) < 4.78 is 0.845. The number of rotatable bonds is 9. The van der Waals surface area contributed by atoms with Crippen LogP contribution in [0.3, 0.4) is 0 Å². The molecule has 0 saturated carbocycles. The first-order chi connectivity index (χ1) is 13.4. The minimum Gasteiger partial charge on any atom is -0.337 e. The predicted octanol–water partition coefficient (Wildman–Crippen LogP) is 3.46. The van der Waals surface area contributed by atoms with Gasteiger partial charge in [-0.1, -0.05) is 36.8 Å². The Bertz CT molecular complexity index is 778. The maximum absolute atomic E-state index is 12.7. The molecule has 1 heterocycles. The molecule has 1 aromatic carbocycles. The molecule has 0 atom stereocenters. The maximum Gasteiger partial charge on any atom is 0.239 e. The van der Waals surface area contributed by atoms with Gasteiger partial charge in [0.25, 0.3) is 0 Å². The Morgan fingerprint density at radius 3 is 2.43 bits per heavy atom. The van der Waals surface area contributed by atoms with Gasteiger partial charge >= 0.3 is 0 Å². The lowest BCUT2D eigenvalue weighted by molar-refractivity contribution is -0.133. The van der Waals surface area contributed by atoms with E-state index in [9.17, 15) is 9.59 Å². The Kier molecular flexibility index (Phi) is 8.60. The molecule has 0 aliphatic rings. The molecule has 0 saturated heterocycles. The molecule has 6 nitrogen and oxygen atoms in total. The number of hydrogen-bond acceptors (Lipinski definition) is 4. The topological polar surface area (TPSA) is 65.5 Å². The van der Waals surface area contributed by atoms with Crippen LogP contribution in [0.1, 0.15) is 24.5 Å². The van der Waals surface area contributed by atoms with Crippen molar-refractivity contribution in [3.8, 4) is 0 Å². The summed E-state index contributed by atoms with van der Waals surface area (Å²) in [7, 11) is 1.77. The van der Waals surface area contributed by atoms with Crippen molar-refractivity contribution >= 4 is 33.6 Å². The minimum atomic E-state index is -0.203. The summed E-state index contributed by atoms with van der Waals surface area (Å²) in [5, 5.41) is 2.74. The Labute approximate surface area is 175 Å². The number of halogens is 1. The van der Waals surface area contributed by atoms with E-state index in [0.29, 0.717) is 18.9 Å². The summed E-state index contributed by atoms with van der Waals surface area (Å²) >= 11 is 3.31. The number of carbonyl (C=O) groups is 2. The standard InChI is InChI=1S/C21H27BrN4O2/c1-4-11-26(13-17-7-5-16(2)6-8-17)21(28)15-25(3)14-20(27)24-19-10-9-18(22)12-23-19/h5-10,12H,4,11,13-15H2,1-3H3,(H,23,24,27). The van der Waals surface area contributed by atoms with Gasteiger partial charge in [-0.2, -0.15) is 0 Å². The van der Waals surface area contributed by atoms with Gasteiger partial charge in [-0.15, -0.1) is 0 Å². The first-order valence-electron chi connectivity index (χ1n) is 9.30. The molecule has 2 aromatic rings. The largest absolute Gasteiger partial charge is 0.337 e. The number of nitrogens with one attached hydrogen (secondary N) is 1. The van der Waals surface area contributed by atoms with Gasteiger partial charge in [-0.3, -0.25) is 14.5 Å². The number of pyridine rings is 1. The van der Waals surface area contributed by atoms with Gasteiger partial charge in [-0.05, 0) is 54.0 Å². The SMILES string of the molecule is CCCN(Cc1ccc(C)cc1)C(=O)CN(C)CC(=O)Nc1ccc(Br)cn1. The zero-order chi connectivity index (χ0) is 20.5. The molecule has 0 spiro atoms. The van der Waals surface area contributed by atoms with Gasteiger partial charge in [0, 0.05) is 23.8 Å². The van der Waals surface area contributed by atoms with E-state index in [4.69, 9.17) is 0 Å². The van der Waals surface area contributed by atoms with Crippen molar-refractivity contribution in [2.45, 2.75) is 26.8 Å². The van der Waals surface area contributed by atoms with Crippen LogP contribution in [0.15, 0.2) is 47.1 Å². The Morgan fingerprint density at radius 2 is 1.82 bits per heavy atom. The average Bonchev–Trinajstić information content (AvgIpc) is 2.64. The zero-order valence-corrected chi connectivity index (χ0v) is 18.2. The second kappa shape index (κ2) is 10.9. The number of likely N-dealkylation sites (N-methyl/N-ethyl adjacent to an activating group) is 1. The van der Waals surface area contributed by atoms with E-state index >= 15 is 0 Å². The molecule has 28 heavy (non-hydrogen) atoms. The van der Waals surface area contributed by atoms with Crippen molar-refractivity contribution in [3.63, 3.8) is 0 Å². The van der Waals surface area contributed by atoms with Gasteiger partial charge in [0.15, 0.2) is 0 Å². The number of hydrogen-bond donors (Lipinski definition) is 1. The Hall–Kier alpha value is -2.25. The molecule has 2 amide bonds. The summed E-state index contributed by atoms with van der Waals surface area (Å²) in [5.74, 6) is 0.296. The molecule has 0 fully saturated rings. The normalized spacial score (nSPS) is 10.8. The number of anilines is 1. The van der Waals surface area contributed by atoms with Crippen LogP contribution < -0.4 is 5.32 Å². The Morgan fingerprint density at radius 1 is 1.11 bits per heavy atom. The fourth-order valence-corrected chi connectivity index (χ4v) is 2.97. The van der Waals surface area contributed by atoms with Crippen LogP contribution in [-0.4, -0.2) is 53.3 Å². The van der Waals surface area contributed by atoms with E-state index in [0.717, 1.165) is 16.5 Å². The highest BCUT2D eigenvalue weighted by Gasteiger charge is 2.17. The third-order valence-electron chi connectivity index (χ3n) is 4.15. The fraction of sp³-hybridized carbons (Fsp3) is 0.381. The number of aryl methyl sites for hydroxylation is 1. The maximum atomic E-state index is 12.7. The number of carbonyl (C=O) groups excluding carboxylic acids is 2. The third kappa shape index (κ3) is 7.40. The summed E-state index contributed by atoms with van der Waals surface area (Å²) in [6.45, 7) is 5.67. The van der Waals surface area contributed by atoms with Gasteiger partial charge in [0.1, 0.15) is 5.82 Å². The first kappa shape index (κ1) is 22.0. The van der Waals surface area contributed by atoms with E-state index in [1.165, 1.54) is 5.56 Å². The number of aromatic nitrogens is 1. The molecule has 0 radical (unpaired) electrons. The quantitative estimate of drug-likeness (QED) is 0.640. The molecule has 0 aliphatic heterocycles. The predicted molar refractivity (Wildman–Crippen MR) is 115 cm³/mol. The zero-order valence-electron chi connectivity index (χ0n) is 16.6. The highest BCUT2D eigenvalue weighted by molar-refractivity contribution is 9.10. The van der Waals surface area contributed by atoms with Crippen molar-refractivity contribution in [1.82, 2.24) is 14.8 Å². The second-order valence-corrected chi connectivity index (χ2v) is 7.80. The molecule has 1 aromatic heterocycles. The molecular formula is C21H27BrN4O2. The van der Waals surface area contributed by atoms with Crippen LogP contribution in [0.2, 0.25) is 0 Å². The van der Waals surface area contributed by atoms with Crippen molar-refractivity contribution in [1.29, 1.82) is 0 Å². The second-order valence-electron chi connectivity index (χ2n) is 6.88. The molecule has 150 valence electrons. The molecule has 1 N–H and O–H groups in total. The van der Waals surface area contributed by atoms with Gasteiger partial charge < -0.3 is 10.2 Å². The third-order valence-corrected chi connectivity index (χ3v) is 4.62. The monoisotopic (exact) mass is 446 g/mol. The highest BCUT2D eigenvalue weighted by atomic mass is 79.9. The summed E-state index contributed by atoms with van der Waals surface area (Å²) in [6.07, 6.45) is 2.51. The van der Waals surface area contributed by atoms with Crippen molar-refractivity contribution in [2.24, 2.45) is 0 Å². The summed E-state index contributed by atoms with van der Waals surface area (Å²) in [4.78, 5) is 32.6. The van der Waals surface area contributed by atoms with Gasteiger partial charge in [0.05, 0.1) is 13.1 Å². The van der Waals surface area contributed by atoms with E-state index < -0.39 is 0 Å². The van der Waals surface area contributed by atoms with E-state index in [2.05, 4.69) is 45.3 Å². The smallest absolute Gasteiger partial charge is 0.239 e. The number of nitrogens with zero attached hydrogens (tertiary/aromatic N) is 3. The first-order valence-corrected chi connectivity index (χ1v) is 10.1.